The van der Waals surface area contributed by atoms with Crippen molar-refractivity contribution >= 4 is 15.9 Å². The lowest BCUT2D eigenvalue weighted by atomic mass is 9.97. The van der Waals surface area contributed by atoms with Crippen LogP contribution < -0.4 is 10.1 Å². The normalized spacial score (nSPS) is 12.2. The first kappa shape index (κ1) is 15.9. The van der Waals surface area contributed by atoms with Crippen LogP contribution in [0.4, 0.5) is 8.78 Å². The maximum atomic E-state index is 14.5. The van der Waals surface area contributed by atoms with Crippen LogP contribution in [-0.4, -0.2) is 13.7 Å². The van der Waals surface area contributed by atoms with E-state index >= 15 is 0 Å². The van der Waals surface area contributed by atoms with E-state index in [0.717, 1.165) is 0 Å². The molecule has 0 saturated heterocycles. The van der Waals surface area contributed by atoms with Crippen LogP contribution in [0.1, 0.15) is 24.1 Å². The third-order valence-corrected chi connectivity index (χ3v) is 4.06. The molecule has 0 fully saturated rings. The molecule has 0 aliphatic rings. The van der Waals surface area contributed by atoms with Gasteiger partial charge in [0.2, 0.25) is 0 Å². The summed E-state index contributed by atoms with van der Waals surface area (Å²) in [5.41, 5.74) is 1.06. The van der Waals surface area contributed by atoms with Crippen LogP contribution in [-0.2, 0) is 0 Å². The first-order chi connectivity index (χ1) is 10.1. The van der Waals surface area contributed by atoms with Crippen LogP contribution in [0.25, 0.3) is 0 Å². The third kappa shape index (κ3) is 3.24. The van der Waals surface area contributed by atoms with Crippen LogP contribution in [0.5, 0.6) is 5.75 Å². The predicted octanol–water partition coefficient (Wildman–Crippen LogP) is 4.43. The average Bonchev–Trinajstić information content (AvgIpc) is 2.49. The van der Waals surface area contributed by atoms with Gasteiger partial charge in [-0.15, -0.1) is 0 Å². The number of hydrogen-bond acceptors (Lipinski definition) is 2. The van der Waals surface area contributed by atoms with E-state index in [1.54, 1.807) is 30.3 Å². The lowest BCUT2D eigenvalue weighted by Crippen LogP contribution is -2.23. The molecule has 1 N–H and O–H groups in total. The number of methoxy groups -OCH3 is 1. The van der Waals surface area contributed by atoms with E-state index in [9.17, 15) is 8.78 Å². The smallest absolute Gasteiger partial charge is 0.170 e. The largest absolute Gasteiger partial charge is 0.494 e. The minimum atomic E-state index is -0.463. The van der Waals surface area contributed by atoms with Crippen LogP contribution in [0, 0.1) is 11.6 Å². The summed E-state index contributed by atoms with van der Waals surface area (Å²) in [7, 11) is 1.42. The molecule has 1 unspecified atom stereocenters. The Morgan fingerprint density at radius 1 is 1.14 bits per heavy atom. The fraction of sp³-hybridized carbons (Fsp3) is 0.250. The SMILES string of the molecule is CCNC(c1cccc(OC)c1F)c1cccc(F)c1Br. The Morgan fingerprint density at radius 2 is 1.81 bits per heavy atom. The Labute approximate surface area is 131 Å². The van der Waals surface area contributed by atoms with Crippen molar-refractivity contribution in [3.05, 3.63) is 63.6 Å². The van der Waals surface area contributed by atoms with Gasteiger partial charge < -0.3 is 10.1 Å². The highest BCUT2D eigenvalue weighted by Gasteiger charge is 2.22. The van der Waals surface area contributed by atoms with Gasteiger partial charge in [0.15, 0.2) is 11.6 Å². The second-order valence-electron chi connectivity index (χ2n) is 4.50. The Bertz CT molecular complexity index is 634. The van der Waals surface area contributed by atoms with E-state index < -0.39 is 11.9 Å². The van der Waals surface area contributed by atoms with Gasteiger partial charge >= 0.3 is 0 Å². The van der Waals surface area contributed by atoms with Crippen molar-refractivity contribution in [1.29, 1.82) is 0 Å². The van der Waals surface area contributed by atoms with Crippen LogP contribution in [0.15, 0.2) is 40.9 Å². The van der Waals surface area contributed by atoms with Gasteiger partial charge in [-0.3, -0.25) is 0 Å². The third-order valence-electron chi connectivity index (χ3n) is 3.22. The van der Waals surface area contributed by atoms with Crippen LogP contribution >= 0.6 is 15.9 Å². The van der Waals surface area contributed by atoms with Crippen molar-refractivity contribution in [3.63, 3.8) is 0 Å². The molecule has 2 rings (SSSR count). The van der Waals surface area contributed by atoms with Gasteiger partial charge in [-0.25, -0.2) is 8.78 Å². The first-order valence-electron chi connectivity index (χ1n) is 6.59. The highest BCUT2D eigenvalue weighted by Crippen LogP contribution is 2.33. The molecule has 2 aromatic rings. The molecule has 2 aromatic carbocycles. The van der Waals surface area contributed by atoms with E-state index in [0.29, 0.717) is 22.1 Å². The first-order valence-corrected chi connectivity index (χ1v) is 7.39. The fourth-order valence-corrected chi connectivity index (χ4v) is 2.74. The van der Waals surface area contributed by atoms with E-state index in [1.165, 1.54) is 13.2 Å². The van der Waals surface area contributed by atoms with Crippen molar-refractivity contribution in [1.82, 2.24) is 5.32 Å². The molecular formula is C16H16BrF2NO. The molecule has 0 aliphatic carbocycles. The zero-order valence-electron chi connectivity index (χ0n) is 11.8. The lowest BCUT2D eigenvalue weighted by Gasteiger charge is -2.21. The minimum Gasteiger partial charge on any atom is -0.494 e. The molecule has 112 valence electrons. The average molecular weight is 356 g/mol. The second kappa shape index (κ2) is 7.00. The molecule has 0 aromatic heterocycles. The van der Waals surface area contributed by atoms with Crippen molar-refractivity contribution in [3.8, 4) is 5.75 Å². The molecule has 0 radical (unpaired) electrons. The molecule has 1 atom stereocenters. The van der Waals surface area contributed by atoms with Crippen LogP contribution in [0.3, 0.4) is 0 Å². The van der Waals surface area contributed by atoms with Gasteiger partial charge in [-0.1, -0.05) is 31.2 Å². The summed E-state index contributed by atoms with van der Waals surface area (Å²) in [5, 5.41) is 3.18. The molecule has 5 heteroatoms. The number of rotatable bonds is 5. The number of benzene rings is 2. The molecule has 0 aliphatic heterocycles. The maximum Gasteiger partial charge on any atom is 0.170 e. The number of halogens is 3. The fourth-order valence-electron chi connectivity index (χ4n) is 2.24. The molecule has 0 amide bonds. The molecule has 0 bridgehead atoms. The van der Waals surface area contributed by atoms with Crippen LogP contribution in [0.2, 0.25) is 0 Å². The van der Waals surface area contributed by atoms with E-state index in [2.05, 4.69) is 21.2 Å². The second-order valence-corrected chi connectivity index (χ2v) is 5.29. The number of nitrogens with one attached hydrogen (secondary N) is 1. The van der Waals surface area contributed by atoms with E-state index in [4.69, 9.17) is 4.74 Å². The Hall–Kier alpha value is -1.46. The highest BCUT2D eigenvalue weighted by atomic mass is 79.9. The van der Waals surface area contributed by atoms with Crippen molar-refractivity contribution in [2.45, 2.75) is 13.0 Å². The molecule has 2 nitrogen and oxygen atoms in total. The van der Waals surface area contributed by atoms with Crippen molar-refractivity contribution in [2.75, 3.05) is 13.7 Å². The van der Waals surface area contributed by atoms with Gasteiger partial charge in [0.1, 0.15) is 5.82 Å². The Balaban J connectivity index is 2.56. The lowest BCUT2D eigenvalue weighted by molar-refractivity contribution is 0.381. The van der Waals surface area contributed by atoms with E-state index in [1.807, 2.05) is 6.92 Å². The van der Waals surface area contributed by atoms with Crippen molar-refractivity contribution in [2.24, 2.45) is 0 Å². The molecule has 21 heavy (non-hydrogen) atoms. The van der Waals surface area contributed by atoms with Gasteiger partial charge in [-0.05, 0) is 40.2 Å². The topological polar surface area (TPSA) is 21.3 Å². The Kier molecular flexibility index (Phi) is 5.31. The highest BCUT2D eigenvalue weighted by molar-refractivity contribution is 9.10. The van der Waals surface area contributed by atoms with Gasteiger partial charge in [0, 0.05) is 5.56 Å². The number of hydrogen-bond donors (Lipinski definition) is 1. The predicted molar refractivity (Wildman–Crippen MR) is 82.6 cm³/mol. The summed E-state index contributed by atoms with van der Waals surface area (Å²) in [5.74, 6) is -0.649. The zero-order chi connectivity index (χ0) is 15.4. The molecule has 0 spiro atoms. The van der Waals surface area contributed by atoms with E-state index in [-0.39, 0.29) is 11.6 Å². The Morgan fingerprint density at radius 3 is 2.48 bits per heavy atom. The quantitative estimate of drug-likeness (QED) is 0.856. The van der Waals surface area contributed by atoms with Gasteiger partial charge in [0.25, 0.3) is 0 Å². The van der Waals surface area contributed by atoms with Gasteiger partial charge in [-0.2, -0.15) is 0 Å². The summed E-state index contributed by atoms with van der Waals surface area (Å²) in [6.45, 7) is 2.53. The summed E-state index contributed by atoms with van der Waals surface area (Å²) in [4.78, 5) is 0. The van der Waals surface area contributed by atoms with Crippen molar-refractivity contribution < 1.29 is 13.5 Å². The summed E-state index contributed by atoms with van der Waals surface area (Å²) < 4.78 is 33.6. The summed E-state index contributed by atoms with van der Waals surface area (Å²) >= 11 is 3.24. The standard InChI is InChI=1S/C16H16BrF2NO/c1-3-20-16(10-6-4-8-12(18)14(10)17)11-7-5-9-13(21-2)15(11)19/h4-9,16,20H,3H2,1-2H3. The minimum absolute atomic E-state index is 0.169. The zero-order valence-corrected chi connectivity index (χ0v) is 13.4. The summed E-state index contributed by atoms with van der Waals surface area (Å²) in [6, 6.07) is 9.21. The maximum absolute atomic E-state index is 14.5. The summed E-state index contributed by atoms with van der Waals surface area (Å²) in [6.07, 6.45) is 0. The monoisotopic (exact) mass is 355 g/mol. The molecule has 0 heterocycles. The molecule has 0 saturated carbocycles. The number of ether oxygens (including phenoxy) is 1. The molecular weight excluding hydrogens is 340 g/mol. The van der Waals surface area contributed by atoms with Gasteiger partial charge in [0.05, 0.1) is 17.6 Å².